The van der Waals surface area contributed by atoms with Gasteiger partial charge >= 0.3 is 12.0 Å². The lowest BCUT2D eigenvalue weighted by Crippen LogP contribution is -2.52. The number of sulfonamides is 1. The Kier molecular flexibility index (Phi) is 7.75. The van der Waals surface area contributed by atoms with E-state index in [0.29, 0.717) is 49.7 Å². The van der Waals surface area contributed by atoms with Crippen LogP contribution in [0.15, 0.2) is 35.5 Å². The number of nitrogens with zero attached hydrogens (tertiary/aromatic N) is 2. The van der Waals surface area contributed by atoms with E-state index in [0.717, 1.165) is 5.56 Å². The molecule has 0 spiro atoms. The second-order valence-corrected chi connectivity index (χ2v) is 9.75. The number of amides is 2. The molecule has 2 aliphatic rings. The second kappa shape index (κ2) is 10.3. The first-order chi connectivity index (χ1) is 15.3. The first kappa shape index (κ1) is 24.0. The minimum absolute atomic E-state index is 0.0659. The lowest BCUT2D eigenvalue weighted by atomic mass is 9.95. The Morgan fingerprint density at radius 3 is 2.34 bits per heavy atom. The van der Waals surface area contributed by atoms with Crippen LogP contribution < -0.4 is 15.4 Å². The highest BCUT2D eigenvalue weighted by Crippen LogP contribution is 2.29. The van der Waals surface area contributed by atoms with Gasteiger partial charge in [-0.05, 0) is 31.5 Å². The number of benzene rings is 1. The molecule has 1 fully saturated rings. The van der Waals surface area contributed by atoms with Crippen molar-refractivity contribution in [3.8, 4) is 5.75 Å². The van der Waals surface area contributed by atoms with Crippen LogP contribution in [0.4, 0.5) is 4.79 Å². The van der Waals surface area contributed by atoms with E-state index in [4.69, 9.17) is 9.47 Å². The van der Waals surface area contributed by atoms with Crippen LogP contribution in [0, 0.1) is 0 Å². The van der Waals surface area contributed by atoms with Gasteiger partial charge in [0, 0.05) is 38.4 Å². The van der Waals surface area contributed by atoms with E-state index in [-0.39, 0.29) is 12.4 Å². The predicted molar refractivity (Wildman–Crippen MR) is 119 cm³/mol. The van der Waals surface area contributed by atoms with Gasteiger partial charge in [-0.15, -0.1) is 0 Å². The zero-order chi connectivity index (χ0) is 23.3. The highest BCUT2D eigenvalue weighted by molar-refractivity contribution is 7.89. The molecule has 0 saturated carbocycles. The van der Waals surface area contributed by atoms with Gasteiger partial charge < -0.3 is 20.1 Å². The highest BCUT2D eigenvalue weighted by atomic mass is 32.2. The quantitative estimate of drug-likeness (QED) is 0.545. The summed E-state index contributed by atoms with van der Waals surface area (Å²) < 4.78 is 36.2. The maximum atomic E-state index is 12.9. The van der Waals surface area contributed by atoms with Crippen LogP contribution >= 0.6 is 0 Å². The Bertz CT molecular complexity index is 969. The maximum Gasteiger partial charge on any atom is 0.338 e. The highest BCUT2D eigenvalue weighted by Gasteiger charge is 2.35. The molecule has 10 nitrogen and oxygen atoms in total. The molecule has 1 saturated heterocycles. The molecule has 2 N–H and O–H groups in total. The Morgan fingerprint density at radius 1 is 1.12 bits per heavy atom. The van der Waals surface area contributed by atoms with Crippen molar-refractivity contribution in [2.24, 2.45) is 0 Å². The third-order valence-electron chi connectivity index (χ3n) is 5.57. The summed E-state index contributed by atoms with van der Waals surface area (Å²) in [5.41, 5.74) is 1.51. The first-order valence-electron chi connectivity index (χ1n) is 10.6. The van der Waals surface area contributed by atoms with E-state index in [1.54, 1.807) is 45.2 Å². The molecular formula is C21H30N4O6S. The van der Waals surface area contributed by atoms with E-state index < -0.39 is 28.1 Å². The fourth-order valence-corrected chi connectivity index (χ4v) is 4.90. The summed E-state index contributed by atoms with van der Waals surface area (Å²) >= 11 is 0. The fraction of sp³-hybridized carbons (Fsp3) is 0.524. The zero-order valence-electron chi connectivity index (χ0n) is 18.6. The smallest absolute Gasteiger partial charge is 0.338 e. The molecule has 0 aliphatic carbocycles. The molecule has 11 heteroatoms. The molecule has 0 bridgehead atoms. The van der Waals surface area contributed by atoms with Crippen molar-refractivity contribution in [3.63, 3.8) is 0 Å². The SMILES string of the molecule is CCOC(=O)C1=C(CN2CCN(S(=O)(=O)CC)CC2)NC(=O)NC1c1ccc(OC)cc1. The topological polar surface area (TPSA) is 117 Å². The maximum absolute atomic E-state index is 12.9. The average molecular weight is 467 g/mol. The molecule has 1 aromatic carbocycles. The van der Waals surface area contributed by atoms with Gasteiger partial charge in [-0.3, -0.25) is 4.90 Å². The molecule has 32 heavy (non-hydrogen) atoms. The fourth-order valence-electron chi connectivity index (χ4n) is 3.81. The van der Waals surface area contributed by atoms with Crippen molar-refractivity contribution in [1.82, 2.24) is 19.8 Å². The van der Waals surface area contributed by atoms with E-state index in [1.807, 2.05) is 4.90 Å². The van der Waals surface area contributed by atoms with Crippen molar-refractivity contribution in [2.75, 3.05) is 52.2 Å². The minimum Gasteiger partial charge on any atom is -0.497 e. The second-order valence-electron chi connectivity index (χ2n) is 7.49. The van der Waals surface area contributed by atoms with Crippen molar-refractivity contribution in [3.05, 3.63) is 41.1 Å². The van der Waals surface area contributed by atoms with E-state index >= 15 is 0 Å². The largest absolute Gasteiger partial charge is 0.497 e. The van der Waals surface area contributed by atoms with Crippen LogP contribution in [0.1, 0.15) is 25.5 Å². The molecular weight excluding hydrogens is 436 g/mol. The van der Waals surface area contributed by atoms with E-state index in [1.165, 1.54) is 4.31 Å². The number of nitrogens with one attached hydrogen (secondary N) is 2. The summed E-state index contributed by atoms with van der Waals surface area (Å²) in [5.74, 6) is 0.218. The van der Waals surface area contributed by atoms with Crippen LogP contribution in [0.3, 0.4) is 0 Å². The van der Waals surface area contributed by atoms with E-state index in [2.05, 4.69) is 10.6 Å². The molecule has 1 aromatic rings. The summed E-state index contributed by atoms with van der Waals surface area (Å²) in [6.45, 7) is 5.58. The lowest BCUT2D eigenvalue weighted by Gasteiger charge is -2.36. The third-order valence-corrected chi connectivity index (χ3v) is 7.45. The molecule has 1 unspecified atom stereocenters. The van der Waals surface area contributed by atoms with Gasteiger partial charge in [0.25, 0.3) is 0 Å². The Morgan fingerprint density at radius 2 is 1.78 bits per heavy atom. The number of piperazine rings is 1. The summed E-state index contributed by atoms with van der Waals surface area (Å²) in [6.07, 6.45) is 0. The Labute approximate surface area is 188 Å². The summed E-state index contributed by atoms with van der Waals surface area (Å²) in [6, 6.07) is 6.02. The number of hydrogen-bond acceptors (Lipinski definition) is 7. The Balaban J connectivity index is 1.87. The molecule has 176 valence electrons. The number of rotatable bonds is 8. The van der Waals surface area contributed by atoms with Gasteiger partial charge in [-0.1, -0.05) is 12.1 Å². The summed E-state index contributed by atoms with van der Waals surface area (Å²) in [5, 5.41) is 5.56. The van der Waals surface area contributed by atoms with Gasteiger partial charge in [0.05, 0.1) is 31.1 Å². The van der Waals surface area contributed by atoms with Crippen molar-refractivity contribution in [1.29, 1.82) is 0 Å². The van der Waals surface area contributed by atoms with Gasteiger partial charge in [0.2, 0.25) is 10.0 Å². The monoisotopic (exact) mass is 466 g/mol. The molecule has 0 aromatic heterocycles. The average Bonchev–Trinajstić information content (AvgIpc) is 2.79. The van der Waals surface area contributed by atoms with Gasteiger partial charge in [-0.25, -0.2) is 18.0 Å². The molecule has 1 atom stereocenters. The first-order valence-corrected chi connectivity index (χ1v) is 12.2. The van der Waals surface area contributed by atoms with E-state index in [9.17, 15) is 18.0 Å². The predicted octanol–water partition coefficient (Wildman–Crippen LogP) is 0.834. The number of hydrogen-bond donors (Lipinski definition) is 2. The number of carbonyl (C=O) groups excluding carboxylic acids is 2. The normalized spacial score (nSPS) is 20.5. The molecule has 2 heterocycles. The number of esters is 1. The van der Waals surface area contributed by atoms with Crippen molar-refractivity contribution in [2.45, 2.75) is 19.9 Å². The molecule has 2 aliphatic heterocycles. The standard InChI is InChI=1S/C21H30N4O6S/c1-4-31-20(26)18-17(14-24-10-12-25(13-11-24)32(28,29)5-2)22-21(27)23-19(18)15-6-8-16(30-3)9-7-15/h6-9,19H,4-5,10-14H2,1-3H3,(H2,22,23,27). The molecule has 0 radical (unpaired) electrons. The molecule has 3 rings (SSSR count). The van der Waals surface area contributed by atoms with Gasteiger partial charge in [0.1, 0.15) is 5.75 Å². The van der Waals surface area contributed by atoms with Crippen LogP contribution in [0.2, 0.25) is 0 Å². The lowest BCUT2D eigenvalue weighted by molar-refractivity contribution is -0.139. The van der Waals surface area contributed by atoms with Crippen LogP contribution in [-0.2, 0) is 19.6 Å². The van der Waals surface area contributed by atoms with Crippen molar-refractivity contribution >= 4 is 22.0 Å². The third kappa shape index (κ3) is 5.40. The Hall–Kier alpha value is -2.63. The number of methoxy groups -OCH3 is 1. The van der Waals surface area contributed by atoms with Crippen molar-refractivity contribution < 1.29 is 27.5 Å². The van der Waals surface area contributed by atoms with Gasteiger partial charge in [-0.2, -0.15) is 4.31 Å². The molecule has 2 amide bonds. The zero-order valence-corrected chi connectivity index (χ0v) is 19.4. The number of urea groups is 1. The summed E-state index contributed by atoms with van der Waals surface area (Å²) in [4.78, 5) is 27.3. The summed E-state index contributed by atoms with van der Waals surface area (Å²) in [7, 11) is -1.67. The van der Waals surface area contributed by atoms with Gasteiger partial charge in [0.15, 0.2) is 0 Å². The minimum atomic E-state index is -3.24. The number of carbonyl (C=O) groups is 2. The van der Waals surface area contributed by atoms with Crippen LogP contribution in [0.5, 0.6) is 5.75 Å². The van der Waals surface area contributed by atoms with Crippen LogP contribution in [-0.4, -0.2) is 81.8 Å². The number of ether oxygens (including phenoxy) is 2. The van der Waals surface area contributed by atoms with Crippen LogP contribution in [0.25, 0.3) is 0 Å².